The van der Waals surface area contributed by atoms with Gasteiger partial charge in [-0.3, -0.25) is 0 Å². The Labute approximate surface area is 73.7 Å². The lowest BCUT2D eigenvalue weighted by atomic mass is 9.67. The van der Waals surface area contributed by atoms with Crippen LogP contribution in [0.25, 0.3) is 0 Å². The highest BCUT2D eigenvalue weighted by Gasteiger charge is 2.45. The second kappa shape index (κ2) is 2.44. The lowest BCUT2D eigenvalue weighted by Gasteiger charge is -2.45. The number of hydrogen-bond acceptors (Lipinski definition) is 1. The van der Waals surface area contributed by atoms with Crippen molar-refractivity contribution in [2.45, 2.75) is 51.2 Å². The van der Waals surface area contributed by atoms with E-state index in [1.165, 1.54) is 12.8 Å². The second-order valence-corrected chi connectivity index (χ2v) is 5.11. The van der Waals surface area contributed by atoms with Crippen LogP contribution in [0.1, 0.15) is 39.5 Å². The summed E-state index contributed by atoms with van der Waals surface area (Å²) in [7, 11) is 0. The van der Waals surface area contributed by atoms with Gasteiger partial charge in [-0.25, -0.2) is 4.39 Å². The van der Waals surface area contributed by atoms with Crippen LogP contribution in [0.4, 0.5) is 4.39 Å². The maximum Gasteiger partial charge on any atom is 0.123 e. The first kappa shape index (κ1) is 8.49. The highest BCUT2D eigenvalue weighted by atomic mass is 19.1. The number of alkyl halides is 1. The summed E-state index contributed by atoms with van der Waals surface area (Å²) in [5.74, 6) is 0. The van der Waals surface area contributed by atoms with Crippen LogP contribution >= 0.6 is 0 Å². The highest BCUT2D eigenvalue weighted by Crippen LogP contribution is 2.43. The molecule has 0 aromatic carbocycles. The zero-order valence-corrected chi connectivity index (χ0v) is 7.99. The molecule has 0 bridgehead atoms. The quantitative estimate of drug-likeness (QED) is 0.687. The molecule has 0 radical (unpaired) electrons. The summed E-state index contributed by atoms with van der Waals surface area (Å²) in [5, 5.41) is 3.34. The van der Waals surface area contributed by atoms with Crippen molar-refractivity contribution in [3.8, 4) is 0 Å². The molecule has 1 atom stereocenters. The monoisotopic (exact) mass is 171 g/mol. The van der Waals surface area contributed by atoms with Gasteiger partial charge < -0.3 is 5.32 Å². The number of rotatable bonds is 3. The highest BCUT2D eigenvalue weighted by molar-refractivity contribution is 5.00. The topological polar surface area (TPSA) is 12.0 Å². The lowest BCUT2D eigenvalue weighted by Crippen LogP contribution is -2.51. The van der Waals surface area contributed by atoms with Crippen LogP contribution in [0, 0.1) is 5.41 Å². The number of nitrogens with one attached hydrogen (secondary N) is 1. The van der Waals surface area contributed by atoms with Crippen molar-refractivity contribution < 1.29 is 4.39 Å². The fourth-order valence-electron chi connectivity index (χ4n) is 1.86. The summed E-state index contributed by atoms with van der Waals surface area (Å²) in [6.07, 6.45) is 4.05. The van der Waals surface area contributed by atoms with Crippen molar-refractivity contribution in [3.63, 3.8) is 0 Å². The third-order valence-electron chi connectivity index (χ3n) is 3.48. The minimum atomic E-state index is -0.828. The van der Waals surface area contributed by atoms with Crippen LogP contribution in [0.3, 0.4) is 0 Å². The van der Waals surface area contributed by atoms with Gasteiger partial charge in [0.1, 0.15) is 5.67 Å². The predicted molar refractivity (Wildman–Crippen MR) is 47.9 cm³/mol. The third kappa shape index (κ3) is 1.49. The first-order valence-corrected chi connectivity index (χ1v) is 4.94. The second-order valence-electron chi connectivity index (χ2n) is 5.11. The average Bonchev–Trinajstić information content (AvgIpc) is 2.67. The summed E-state index contributed by atoms with van der Waals surface area (Å²) < 4.78 is 13.2. The molecule has 2 saturated carbocycles. The molecule has 2 aliphatic carbocycles. The molecular formula is C10H18FN. The molecule has 0 heterocycles. The van der Waals surface area contributed by atoms with Crippen molar-refractivity contribution in [2.24, 2.45) is 5.41 Å². The molecular weight excluding hydrogens is 153 g/mol. The fourth-order valence-corrected chi connectivity index (χ4v) is 1.86. The Bertz CT molecular complexity index is 184. The van der Waals surface area contributed by atoms with Gasteiger partial charge in [0.15, 0.2) is 0 Å². The van der Waals surface area contributed by atoms with E-state index in [2.05, 4.69) is 19.2 Å². The molecule has 0 spiro atoms. The van der Waals surface area contributed by atoms with Crippen molar-refractivity contribution in [2.75, 3.05) is 6.54 Å². The fraction of sp³-hybridized carbons (Fsp3) is 1.00. The Morgan fingerprint density at radius 2 is 2.00 bits per heavy atom. The molecule has 0 aromatic heterocycles. The molecule has 0 amide bonds. The molecule has 0 aromatic rings. The van der Waals surface area contributed by atoms with E-state index in [1.54, 1.807) is 0 Å². The van der Waals surface area contributed by atoms with Crippen molar-refractivity contribution >= 4 is 0 Å². The zero-order valence-electron chi connectivity index (χ0n) is 7.99. The lowest BCUT2D eigenvalue weighted by molar-refractivity contribution is 0.0991. The molecule has 1 unspecified atom stereocenters. The van der Waals surface area contributed by atoms with Gasteiger partial charge in [0, 0.05) is 12.6 Å². The Balaban J connectivity index is 1.74. The van der Waals surface area contributed by atoms with Gasteiger partial charge in [0.2, 0.25) is 0 Å². The van der Waals surface area contributed by atoms with Gasteiger partial charge in [-0.15, -0.1) is 0 Å². The largest absolute Gasteiger partial charge is 0.310 e. The average molecular weight is 171 g/mol. The van der Waals surface area contributed by atoms with Crippen LogP contribution in [0.15, 0.2) is 0 Å². The Hall–Kier alpha value is -0.110. The molecule has 0 aliphatic heterocycles. The SMILES string of the molecule is CC1(C)CCC1NCC1(F)CC1. The van der Waals surface area contributed by atoms with E-state index in [4.69, 9.17) is 0 Å². The van der Waals surface area contributed by atoms with E-state index in [0.29, 0.717) is 18.0 Å². The summed E-state index contributed by atoms with van der Waals surface area (Å²) in [6, 6.07) is 0.561. The van der Waals surface area contributed by atoms with Crippen molar-refractivity contribution in [1.29, 1.82) is 0 Å². The summed E-state index contributed by atoms with van der Waals surface area (Å²) in [4.78, 5) is 0. The Morgan fingerprint density at radius 1 is 1.33 bits per heavy atom. The maximum atomic E-state index is 13.2. The van der Waals surface area contributed by atoms with E-state index in [0.717, 1.165) is 12.8 Å². The number of halogens is 1. The van der Waals surface area contributed by atoms with Crippen LogP contribution in [-0.2, 0) is 0 Å². The minimum Gasteiger partial charge on any atom is -0.310 e. The smallest absolute Gasteiger partial charge is 0.123 e. The van der Waals surface area contributed by atoms with E-state index in [9.17, 15) is 4.39 Å². The maximum absolute atomic E-state index is 13.2. The van der Waals surface area contributed by atoms with Crippen molar-refractivity contribution in [1.82, 2.24) is 5.32 Å². The molecule has 0 saturated heterocycles. The van der Waals surface area contributed by atoms with Crippen LogP contribution in [-0.4, -0.2) is 18.3 Å². The Morgan fingerprint density at radius 3 is 2.33 bits per heavy atom. The van der Waals surface area contributed by atoms with Gasteiger partial charge in [-0.1, -0.05) is 13.8 Å². The predicted octanol–water partition coefficient (Wildman–Crippen LogP) is 2.27. The molecule has 2 rings (SSSR count). The van der Waals surface area contributed by atoms with Gasteiger partial charge in [0.25, 0.3) is 0 Å². The normalized spacial score (nSPS) is 35.8. The molecule has 1 N–H and O–H groups in total. The van der Waals surface area contributed by atoms with E-state index in [-0.39, 0.29) is 0 Å². The minimum absolute atomic E-state index is 0.408. The zero-order chi connectivity index (χ0) is 8.82. The molecule has 2 aliphatic rings. The molecule has 2 fully saturated rings. The summed E-state index contributed by atoms with van der Waals surface area (Å²) in [5.41, 5.74) is -0.420. The van der Waals surface area contributed by atoms with Gasteiger partial charge in [-0.05, 0) is 31.1 Å². The van der Waals surface area contributed by atoms with E-state index >= 15 is 0 Å². The first-order chi connectivity index (χ1) is 5.52. The van der Waals surface area contributed by atoms with Crippen molar-refractivity contribution in [3.05, 3.63) is 0 Å². The van der Waals surface area contributed by atoms with Gasteiger partial charge in [-0.2, -0.15) is 0 Å². The van der Waals surface area contributed by atoms with E-state index in [1.807, 2.05) is 0 Å². The molecule has 2 heteroatoms. The van der Waals surface area contributed by atoms with Crippen LogP contribution in [0.2, 0.25) is 0 Å². The summed E-state index contributed by atoms with van der Waals surface area (Å²) >= 11 is 0. The molecule has 1 nitrogen and oxygen atoms in total. The van der Waals surface area contributed by atoms with Crippen LogP contribution in [0.5, 0.6) is 0 Å². The first-order valence-electron chi connectivity index (χ1n) is 4.94. The number of hydrogen-bond donors (Lipinski definition) is 1. The van der Waals surface area contributed by atoms with Gasteiger partial charge >= 0.3 is 0 Å². The standard InChI is InChI=1S/C10H18FN/c1-9(2)4-3-8(9)12-7-10(11)5-6-10/h8,12H,3-7H2,1-2H3. The van der Waals surface area contributed by atoms with Crippen LogP contribution < -0.4 is 5.32 Å². The van der Waals surface area contributed by atoms with E-state index < -0.39 is 5.67 Å². The summed E-state index contributed by atoms with van der Waals surface area (Å²) in [6.45, 7) is 5.10. The molecule has 70 valence electrons. The third-order valence-corrected chi connectivity index (χ3v) is 3.48. The Kier molecular flexibility index (Phi) is 1.73. The molecule has 12 heavy (non-hydrogen) atoms. The van der Waals surface area contributed by atoms with Gasteiger partial charge in [0.05, 0.1) is 0 Å².